The van der Waals surface area contributed by atoms with Gasteiger partial charge in [-0.3, -0.25) is 9.59 Å². The molecule has 2 heterocycles. The second-order valence-corrected chi connectivity index (χ2v) is 12.8. The first-order chi connectivity index (χ1) is 19.4. The van der Waals surface area contributed by atoms with Crippen molar-refractivity contribution in [2.45, 2.75) is 44.8 Å². The number of aromatic nitrogens is 1. The van der Waals surface area contributed by atoms with Crippen molar-refractivity contribution in [1.82, 2.24) is 15.2 Å². The van der Waals surface area contributed by atoms with Gasteiger partial charge in [-0.1, -0.05) is 43.1 Å². The number of fused-ring (bicyclic) bond motifs is 1. The van der Waals surface area contributed by atoms with Gasteiger partial charge in [0.1, 0.15) is 0 Å². The first-order valence-electron chi connectivity index (χ1n) is 13.4. The molecule has 0 unspecified atom stereocenters. The van der Waals surface area contributed by atoms with Crippen LogP contribution in [0.4, 0.5) is 5.69 Å². The molecule has 4 rings (SSSR count). The number of carbonyl (C=O) groups excluding carboxylic acids is 2. The Kier molecular flexibility index (Phi) is 9.64. The van der Waals surface area contributed by atoms with E-state index in [1.807, 2.05) is 13.8 Å². The van der Waals surface area contributed by atoms with Gasteiger partial charge in [-0.15, -0.1) is 0 Å². The number of benzene rings is 2. The van der Waals surface area contributed by atoms with Crippen LogP contribution in [0, 0.1) is 13.8 Å². The second-order valence-electron chi connectivity index (χ2n) is 10.00. The van der Waals surface area contributed by atoms with E-state index in [0.717, 1.165) is 36.5 Å². The van der Waals surface area contributed by atoms with Crippen LogP contribution < -0.4 is 10.6 Å². The second kappa shape index (κ2) is 12.8. The number of aryl methyl sites for hydroxylation is 1. The van der Waals surface area contributed by atoms with E-state index < -0.39 is 9.84 Å². The quantitative estimate of drug-likeness (QED) is 0.250. The number of amides is 2. The Hall–Kier alpha value is -3.11. The summed E-state index contributed by atoms with van der Waals surface area (Å²) in [7, 11) is -3.83. The van der Waals surface area contributed by atoms with Gasteiger partial charge in [0, 0.05) is 51.3 Å². The third kappa shape index (κ3) is 6.86. The van der Waals surface area contributed by atoms with Gasteiger partial charge in [-0.2, -0.15) is 0 Å². The number of nitrogens with zero attached hydrogens (tertiary/aromatic N) is 1. The third-order valence-corrected chi connectivity index (χ3v) is 9.78. The summed E-state index contributed by atoms with van der Waals surface area (Å²) >= 11 is 12.4. The molecule has 0 aliphatic carbocycles. The fourth-order valence-corrected chi connectivity index (χ4v) is 7.05. The number of rotatable bonds is 11. The summed E-state index contributed by atoms with van der Waals surface area (Å²) in [4.78, 5) is 31.2. The summed E-state index contributed by atoms with van der Waals surface area (Å²) in [5.74, 6) is -0.787. The zero-order chi connectivity index (χ0) is 29.9. The minimum atomic E-state index is -3.83. The molecule has 0 bridgehead atoms. The van der Waals surface area contributed by atoms with Gasteiger partial charge in [-0.25, -0.2) is 8.42 Å². The highest BCUT2D eigenvalue weighted by Gasteiger charge is 2.28. The maximum Gasteiger partial charge on any atom is 0.256 e. The molecule has 0 spiro atoms. The van der Waals surface area contributed by atoms with Crippen LogP contribution in [0.3, 0.4) is 0 Å². The lowest BCUT2D eigenvalue weighted by atomic mass is 10.0. The Bertz CT molecular complexity index is 1610. The Morgan fingerprint density at radius 1 is 1.05 bits per heavy atom. The molecule has 3 aromatic rings. The van der Waals surface area contributed by atoms with E-state index in [2.05, 4.69) is 34.4 Å². The number of likely N-dealkylation sites (N-methyl/N-ethyl adjacent to an activating group) is 1. The van der Waals surface area contributed by atoms with Crippen LogP contribution in [-0.4, -0.2) is 56.3 Å². The predicted molar refractivity (Wildman–Crippen MR) is 165 cm³/mol. The fraction of sp³-hybridized carbons (Fsp3) is 0.333. The van der Waals surface area contributed by atoms with Crippen molar-refractivity contribution in [3.63, 3.8) is 0 Å². The number of nitrogens with one attached hydrogen (secondary N) is 3. The highest BCUT2D eigenvalue weighted by Crippen LogP contribution is 2.37. The summed E-state index contributed by atoms with van der Waals surface area (Å²) < 4.78 is 26.6. The van der Waals surface area contributed by atoms with Crippen LogP contribution in [0.2, 0.25) is 10.0 Å². The number of sulfone groups is 1. The maximum atomic E-state index is 13.3. The normalized spacial score (nSPS) is 14.0. The van der Waals surface area contributed by atoms with Crippen molar-refractivity contribution in [2.24, 2.45) is 0 Å². The minimum absolute atomic E-state index is 0.0519. The lowest BCUT2D eigenvalue weighted by molar-refractivity contribution is -0.120. The van der Waals surface area contributed by atoms with Gasteiger partial charge in [0.15, 0.2) is 9.84 Å². The highest BCUT2D eigenvalue weighted by molar-refractivity contribution is 7.90. The molecule has 218 valence electrons. The SMILES string of the molecule is CCN(CC)CCNC(=O)Cc1c(C)[nH]c(/C=C2\C(=O)Nc3ccc(S(=O)(=O)Cc4c(Cl)cccc4Cl)cc32)c1C. The summed E-state index contributed by atoms with van der Waals surface area (Å²) in [5.41, 5.74) is 4.88. The lowest BCUT2D eigenvalue weighted by Gasteiger charge is -2.18. The molecule has 0 atom stereocenters. The van der Waals surface area contributed by atoms with Crippen molar-refractivity contribution >= 4 is 62.2 Å². The average molecular weight is 618 g/mol. The summed E-state index contributed by atoms with van der Waals surface area (Å²) in [6.45, 7) is 11.2. The Morgan fingerprint density at radius 3 is 2.39 bits per heavy atom. The molecule has 0 saturated carbocycles. The number of hydrogen-bond acceptors (Lipinski definition) is 5. The molecule has 1 aliphatic heterocycles. The molecule has 2 amide bonds. The first-order valence-corrected chi connectivity index (χ1v) is 15.9. The Morgan fingerprint density at radius 2 is 1.73 bits per heavy atom. The number of aromatic amines is 1. The molecule has 0 radical (unpaired) electrons. The van der Waals surface area contributed by atoms with Gasteiger partial charge in [0.25, 0.3) is 5.91 Å². The molecule has 0 fully saturated rings. The van der Waals surface area contributed by atoms with Crippen LogP contribution >= 0.6 is 23.2 Å². The zero-order valence-corrected chi connectivity index (χ0v) is 25.9. The van der Waals surface area contributed by atoms with E-state index in [9.17, 15) is 18.0 Å². The van der Waals surface area contributed by atoms with E-state index in [-0.39, 0.29) is 38.9 Å². The molecule has 41 heavy (non-hydrogen) atoms. The van der Waals surface area contributed by atoms with Crippen LogP contribution in [0.25, 0.3) is 11.6 Å². The third-order valence-electron chi connectivity index (χ3n) is 7.43. The molecular weight excluding hydrogens is 583 g/mol. The van der Waals surface area contributed by atoms with Crippen LogP contribution in [0.1, 0.15) is 47.5 Å². The number of carbonyl (C=O) groups is 2. The molecule has 8 nitrogen and oxygen atoms in total. The number of halogens is 2. The molecule has 3 N–H and O–H groups in total. The lowest BCUT2D eigenvalue weighted by Crippen LogP contribution is -2.35. The van der Waals surface area contributed by atoms with Crippen LogP contribution in [0.15, 0.2) is 41.3 Å². The molecule has 11 heteroatoms. The summed E-state index contributed by atoms with van der Waals surface area (Å²) in [5, 5.41) is 6.33. The summed E-state index contributed by atoms with van der Waals surface area (Å²) in [6.07, 6.45) is 1.91. The van der Waals surface area contributed by atoms with Crippen molar-refractivity contribution in [3.05, 3.63) is 80.1 Å². The van der Waals surface area contributed by atoms with Crippen molar-refractivity contribution in [3.8, 4) is 0 Å². The number of H-pyrrole nitrogens is 1. The first kappa shape index (κ1) is 30.8. The largest absolute Gasteiger partial charge is 0.359 e. The average Bonchev–Trinajstić information content (AvgIpc) is 3.38. The topological polar surface area (TPSA) is 111 Å². The van der Waals surface area contributed by atoms with E-state index in [1.54, 1.807) is 30.3 Å². The zero-order valence-electron chi connectivity index (χ0n) is 23.5. The smallest absolute Gasteiger partial charge is 0.256 e. The van der Waals surface area contributed by atoms with Crippen LogP contribution in [-0.2, 0) is 31.6 Å². The van der Waals surface area contributed by atoms with Crippen LogP contribution in [0.5, 0.6) is 0 Å². The molecule has 2 aromatic carbocycles. The van der Waals surface area contributed by atoms with E-state index in [0.29, 0.717) is 34.6 Å². The molecule has 0 saturated heterocycles. The molecule has 1 aliphatic rings. The minimum Gasteiger partial charge on any atom is -0.359 e. The van der Waals surface area contributed by atoms with Gasteiger partial charge in [-0.05, 0) is 74.5 Å². The summed E-state index contributed by atoms with van der Waals surface area (Å²) in [6, 6.07) is 9.37. The van der Waals surface area contributed by atoms with Gasteiger partial charge >= 0.3 is 0 Å². The molecule has 1 aromatic heterocycles. The highest BCUT2D eigenvalue weighted by atomic mass is 35.5. The molecular formula is C30H34Cl2N4O4S. The monoisotopic (exact) mass is 616 g/mol. The van der Waals surface area contributed by atoms with E-state index in [4.69, 9.17) is 23.2 Å². The number of hydrogen-bond donors (Lipinski definition) is 3. The van der Waals surface area contributed by atoms with Crippen molar-refractivity contribution in [2.75, 3.05) is 31.5 Å². The maximum absolute atomic E-state index is 13.3. The van der Waals surface area contributed by atoms with Crippen molar-refractivity contribution in [1.29, 1.82) is 0 Å². The van der Waals surface area contributed by atoms with E-state index in [1.165, 1.54) is 12.1 Å². The van der Waals surface area contributed by atoms with E-state index >= 15 is 0 Å². The predicted octanol–water partition coefficient (Wildman–Crippen LogP) is 5.41. The van der Waals surface area contributed by atoms with Crippen molar-refractivity contribution < 1.29 is 18.0 Å². The Balaban J connectivity index is 1.58. The number of anilines is 1. The van der Waals surface area contributed by atoms with Gasteiger partial charge in [0.2, 0.25) is 5.91 Å². The Labute approximate surface area is 251 Å². The standard InChI is InChI=1S/C30H34Cl2N4O4S/c1-5-36(6-2)13-12-33-29(37)16-21-18(3)28(34-19(21)4)15-23-22-14-20(10-11-27(22)35-30(23)38)41(39,40)17-24-25(31)8-7-9-26(24)32/h7-11,14-15,34H,5-6,12-13,16-17H2,1-4H3,(H,33,37)(H,35,38)/b23-15-. The van der Waals surface area contributed by atoms with Gasteiger partial charge in [0.05, 0.1) is 22.6 Å². The fourth-order valence-electron chi connectivity index (χ4n) is 4.93. The van der Waals surface area contributed by atoms with Gasteiger partial charge < -0.3 is 20.5 Å².